The van der Waals surface area contributed by atoms with Crippen molar-refractivity contribution in [3.05, 3.63) is 29.6 Å². The zero-order valence-electron chi connectivity index (χ0n) is 13.9. The van der Waals surface area contributed by atoms with E-state index >= 15 is 0 Å². The number of rotatable bonds is 6. The van der Waals surface area contributed by atoms with Gasteiger partial charge in [-0.15, -0.1) is 0 Å². The largest absolute Gasteiger partial charge is 0.481 e. The number of nitrogens with zero attached hydrogens (tertiary/aromatic N) is 2. The fourth-order valence-corrected chi connectivity index (χ4v) is 3.86. The number of aliphatic carboxylic acids is 1. The van der Waals surface area contributed by atoms with Crippen LogP contribution in [0.1, 0.15) is 56.8 Å². The number of carboxylic acids is 1. The van der Waals surface area contributed by atoms with E-state index in [1.807, 2.05) is 18.2 Å². The highest BCUT2D eigenvalue weighted by molar-refractivity contribution is 5.79. The lowest BCUT2D eigenvalue weighted by Gasteiger charge is -2.21. The Kier molecular flexibility index (Phi) is 4.99. The van der Waals surface area contributed by atoms with E-state index in [9.17, 15) is 4.79 Å². The van der Waals surface area contributed by atoms with Crippen molar-refractivity contribution in [2.24, 2.45) is 5.92 Å². The van der Waals surface area contributed by atoms with Crippen LogP contribution >= 0.6 is 0 Å². The minimum Gasteiger partial charge on any atom is -0.481 e. The molecule has 0 radical (unpaired) electrons. The van der Waals surface area contributed by atoms with Crippen molar-refractivity contribution < 1.29 is 9.90 Å². The minimum atomic E-state index is -0.795. The minimum absolute atomic E-state index is 0.0618. The third-order valence-electron chi connectivity index (χ3n) is 5.06. The van der Waals surface area contributed by atoms with Crippen molar-refractivity contribution in [1.82, 2.24) is 9.55 Å². The molecular weight excluding hydrogens is 288 g/mol. The summed E-state index contributed by atoms with van der Waals surface area (Å²) < 4.78 is 2.28. The molecule has 1 heterocycles. The fraction of sp³-hybridized carbons (Fsp3) is 0.579. The molecular formula is C19H26N2O2. The average molecular weight is 314 g/mol. The van der Waals surface area contributed by atoms with Crippen LogP contribution < -0.4 is 0 Å². The Bertz CT molecular complexity index is 684. The van der Waals surface area contributed by atoms with Crippen molar-refractivity contribution in [2.45, 2.75) is 64.8 Å². The normalized spacial score (nSPS) is 16.0. The molecule has 4 heteroatoms. The summed E-state index contributed by atoms with van der Waals surface area (Å²) in [4.78, 5) is 15.7. The van der Waals surface area contributed by atoms with Gasteiger partial charge in [0.2, 0.25) is 0 Å². The number of carbonyl (C=O) groups is 1. The Morgan fingerprint density at radius 1 is 1.30 bits per heavy atom. The standard InChI is InChI=1S/C19H26N2O2/c1-2-21-17-10-8-15(13-19(22)23)12-16(17)20-18(21)11-9-14-6-4-3-5-7-14/h8,10,12,14H,2-7,9,11,13H2,1H3,(H,22,23). The van der Waals surface area contributed by atoms with Crippen LogP contribution in [-0.4, -0.2) is 20.6 Å². The Hall–Kier alpha value is -1.84. The van der Waals surface area contributed by atoms with Gasteiger partial charge in [0.15, 0.2) is 0 Å². The van der Waals surface area contributed by atoms with Gasteiger partial charge in [-0.3, -0.25) is 4.79 Å². The molecule has 1 aromatic carbocycles. The van der Waals surface area contributed by atoms with E-state index in [4.69, 9.17) is 10.1 Å². The lowest BCUT2D eigenvalue weighted by atomic mass is 9.86. The Morgan fingerprint density at radius 2 is 2.09 bits per heavy atom. The summed E-state index contributed by atoms with van der Waals surface area (Å²) >= 11 is 0. The quantitative estimate of drug-likeness (QED) is 0.869. The predicted molar refractivity (Wildman–Crippen MR) is 91.6 cm³/mol. The van der Waals surface area contributed by atoms with Crippen LogP contribution in [0.15, 0.2) is 18.2 Å². The van der Waals surface area contributed by atoms with Gasteiger partial charge in [0.1, 0.15) is 5.82 Å². The fourth-order valence-electron chi connectivity index (χ4n) is 3.86. The average Bonchev–Trinajstić information content (AvgIpc) is 2.90. The smallest absolute Gasteiger partial charge is 0.307 e. The first kappa shape index (κ1) is 16.0. The van der Waals surface area contributed by atoms with Gasteiger partial charge in [-0.2, -0.15) is 0 Å². The number of aromatic nitrogens is 2. The molecule has 0 amide bonds. The third-order valence-corrected chi connectivity index (χ3v) is 5.06. The molecule has 0 saturated heterocycles. The van der Waals surface area contributed by atoms with Gasteiger partial charge in [0.05, 0.1) is 17.5 Å². The number of imidazole rings is 1. The maximum Gasteiger partial charge on any atom is 0.307 e. The molecule has 0 unspecified atom stereocenters. The van der Waals surface area contributed by atoms with E-state index in [1.165, 1.54) is 38.5 Å². The van der Waals surface area contributed by atoms with Gasteiger partial charge in [-0.1, -0.05) is 38.2 Å². The van der Waals surface area contributed by atoms with Crippen molar-refractivity contribution in [1.29, 1.82) is 0 Å². The van der Waals surface area contributed by atoms with Crippen molar-refractivity contribution in [3.8, 4) is 0 Å². The predicted octanol–water partition coefficient (Wildman–Crippen LogP) is 4.20. The second kappa shape index (κ2) is 7.16. The highest BCUT2D eigenvalue weighted by Gasteiger charge is 2.16. The van der Waals surface area contributed by atoms with Crippen LogP contribution in [0.2, 0.25) is 0 Å². The SMILES string of the molecule is CCn1c(CCC2CCCCC2)nc2cc(CC(=O)O)ccc21. The number of fused-ring (bicyclic) bond motifs is 1. The Labute approximate surface area is 137 Å². The van der Waals surface area contributed by atoms with Crippen LogP contribution in [-0.2, 0) is 24.2 Å². The molecule has 0 bridgehead atoms. The zero-order valence-corrected chi connectivity index (χ0v) is 13.9. The van der Waals surface area contributed by atoms with Crippen LogP contribution in [0.3, 0.4) is 0 Å². The molecule has 0 atom stereocenters. The van der Waals surface area contributed by atoms with Crippen LogP contribution in [0.4, 0.5) is 0 Å². The molecule has 4 nitrogen and oxygen atoms in total. The van der Waals surface area contributed by atoms with E-state index in [-0.39, 0.29) is 6.42 Å². The van der Waals surface area contributed by atoms with Crippen molar-refractivity contribution >= 4 is 17.0 Å². The molecule has 1 aromatic heterocycles. The Balaban J connectivity index is 1.79. The van der Waals surface area contributed by atoms with Crippen LogP contribution in [0.5, 0.6) is 0 Å². The van der Waals surface area contributed by atoms with E-state index in [2.05, 4.69) is 11.5 Å². The van der Waals surface area contributed by atoms with Gasteiger partial charge in [0, 0.05) is 13.0 Å². The number of hydrogen-bond acceptors (Lipinski definition) is 2. The number of hydrogen-bond donors (Lipinski definition) is 1. The molecule has 2 aromatic rings. The van der Waals surface area contributed by atoms with Gasteiger partial charge < -0.3 is 9.67 Å². The van der Waals surface area contributed by atoms with Crippen LogP contribution in [0.25, 0.3) is 11.0 Å². The summed E-state index contributed by atoms with van der Waals surface area (Å²) in [5, 5.41) is 8.95. The maximum atomic E-state index is 10.9. The van der Waals surface area contributed by atoms with Gasteiger partial charge in [-0.25, -0.2) is 4.98 Å². The second-order valence-corrected chi connectivity index (χ2v) is 6.71. The first-order chi connectivity index (χ1) is 11.2. The van der Waals surface area contributed by atoms with Crippen LogP contribution in [0, 0.1) is 5.92 Å². The molecule has 1 saturated carbocycles. The first-order valence-corrected chi connectivity index (χ1v) is 8.87. The zero-order chi connectivity index (χ0) is 16.2. The highest BCUT2D eigenvalue weighted by Crippen LogP contribution is 2.28. The summed E-state index contributed by atoms with van der Waals surface area (Å²) in [6, 6.07) is 5.86. The molecule has 23 heavy (non-hydrogen) atoms. The molecule has 0 aliphatic heterocycles. The number of carboxylic acid groups (broad SMARTS) is 1. The summed E-state index contributed by atoms with van der Waals surface area (Å²) in [7, 11) is 0. The molecule has 124 valence electrons. The molecule has 1 N–H and O–H groups in total. The van der Waals surface area contributed by atoms with E-state index < -0.39 is 5.97 Å². The lowest BCUT2D eigenvalue weighted by molar-refractivity contribution is -0.136. The second-order valence-electron chi connectivity index (χ2n) is 6.71. The molecule has 1 aliphatic carbocycles. The van der Waals surface area contributed by atoms with Gasteiger partial charge in [0.25, 0.3) is 0 Å². The highest BCUT2D eigenvalue weighted by atomic mass is 16.4. The van der Waals surface area contributed by atoms with E-state index in [0.717, 1.165) is 41.3 Å². The number of benzene rings is 1. The van der Waals surface area contributed by atoms with Crippen molar-refractivity contribution in [2.75, 3.05) is 0 Å². The summed E-state index contributed by atoms with van der Waals surface area (Å²) in [6.07, 6.45) is 9.22. The molecule has 1 fully saturated rings. The van der Waals surface area contributed by atoms with E-state index in [0.29, 0.717) is 0 Å². The van der Waals surface area contributed by atoms with E-state index in [1.54, 1.807) is 0 Å². The molecule has 3 rings (SSSR count). The number of aryl methyl sites for hydroxylation is 2. The Morgan fingerprint density at radius 3 is 2.78 bits per heavy atom. The summed E-state index contributed by atoms with van der Waals surface area (Å²) in [5.41, 5.74) is 2.88. The maximum absolute atomic E-state index is 10.9. The topological polar surface area (TPSA) is 55.1 Å². The van der Waals surface area contributed by atoms with Gasteiger partial charge in [-0.05, 0) is 37.0 Å². The summed E-state index contributed by atoms with van der Waals surface area (Å²) in [6.45, 7) is 3.06. The van der Waals surface area contributed by atoms with Crippen molar-refractivity contribution in [3.63, 3.8) is 0 Å². The summed E-state index contributed by atoms with van der Waals surface area (Å²) in [5.74, 6) is 1.22. The third kappa shape index (κ3) is 3.74. The molecule has 0 spiro atoms. The lowest BCUT2D eigenvalue weighted by Crippen LogP contribution is -2.09. The molecule has 1 aliphatic rings. The van der Waals surface area contributed by atoms with Gasteiger partial charge >= 0.3 is 5.97 Å². The monoisotopic (exact) mass is 314 g/mol. The first-order valence-electron chi connectivity index (χ1n) is 8.87.